The number of ether oxygens (including phenoxy) is 2. The van der Waals surface area contributed by atoms with Gasteiger partial charge < -0.3 is 25.8 Å². The first-order chi connectivity index (χ1) is 12.2. The van der Waals surface area contributed by atoms with E-state index in [0.29, 0.717) is 11.4 Å². The average molecular weight is 379 g/mol. The third-order valence-corrected chi connectivity index (χ3v) is 2.95. The summed E-state index contributed by atoms with van der Waals surface area (Å²) >= 11 is 0. The molecule has 4 N–H and O–H groups in total. The Hall–Kier alpha value is -2.77. The molecule has 0 fully saturated rings. The van der Waals surface area contributed by atoms with Crippen molar-refractivity contribution in [1.29, 1.82) is 0 Å². The predicted octanol–water partition coefficient (Wildman–Crippen LogP) is 2.83. The first-order valence-corrected chi connectivity index (χ1v) is 8.63. The number of nitrogens with one attached hydrogen (secondary N) is 2. The van der Waals surface area contributed by atoms with Crippen LogP contribution in [0.2, 0.25) is 0 Å². The first kappa shape index (κ1) is 22.3. The minimum absolute atomic E-state index is 0.343. The lowest BCUT2D eigenvalue weighted by Crippen LogP contribution is -2.47. The largest absolute Gasteiger partial charge is 0.460 e. The van der Waals surface area contributed by atoms with Crippen LogP contribution in [0.3, 0.4) is 0 Å². The Kier molecular flexibility index (Phi) is 7.21. The second kappa shape index (κ2) is 8.75. The number of hydrogen-bond donors (Lipinski definition) is 3. The normalized spacial score (nSPS) is 12.7. The number of anilines is 2. The minimum Gasteiger partial charge on any atom is -0.460 e. The Morgan fingerprint density at radius 1 is 1.04 bits per heavy atom. The fourth-order valence-electron chi connectivity index (χ4n) is 2.05. The molecular formula is C19H29N3O5. The minimum atomic E-state index is -1.17. The molecule has 1 rings (SSSR count). The van der Waals surface area contributed by atoms with Crippen molar-refractivity contribution in [2.75, 3.05) is 11.1 Å². The Balaban J connectivity index is 2.89. The van der Waals surface area contributed by atoms with Crippen molar-refractivity contribution in [3.8, 4) is 0 Å². The van der Waals surface area contributed by atoms with Gasteiger partial charge >= 0.3 is 12.1 Å². The summed E-state index contributed by atoms with van der Waals surface area (Å²) in [5.74, 6) is -1.20. The molecule has 8 nitrogen and oxygen atoms in total. The van der Waals surface area contributed by atoms with Crippen LogP contribution in [0.25, 0.3) is 0 Å². The summed E-state index contributed by atoms with van der Waals surface area (Å²) in [5, 5.41) is 5.04. The number of hydrogen-bond acceptors (Lipinski definition) is 6. The van der Waals surface area contributed by atoms with E-state index in [1.165, 1.54) is 0 Å². The second-order valence-electron chi connectivity index (χ2n) is 8.10. The van der Waals surface area contributed by atoms with Gasteiger partial charge in [0.2, 0.25) is 5.91 Å². The lowest BCUT2D eigenvalue weighted by molar-refractivity contribution is -0.156. The third kappa shape index (κ3) is 9.48. The van der Waals surface area contributed by atoms with Crippen molar-refractivity contribution >= 4 is 29.3 Å². The lowest BCUT2D eigenvalue weighted by Gasteiger charge is -2.24. The van der Waals surface area contributed by atoms with Gasteiger partial charge in [-0.1, -0.05) is 6.07 Å². The Bertz CT molecular complexity index is 659. The van der Waals surface area contributed by atoms with Gasteiger partial charge in [-0.15, -0.1) is 0 Å². The van der Waals surface area contributed by atoms with E-state index >= 15 is 0 Å². The SMILES string of the molecule is CC(C)(C)OC(=O)C[C@@H](NC(=O)OC(C)(C)C)C(=O)Nc1cccc(N)c1. The molecule has 150 valence electrons. The van der Waals surface area contributed by atoms with E-state index in [1.54, 1.807) is 65.8 Å². The highest BCUT2D eigenvalue weighted by Crippen LogP contribution is 2.14. The van der Waals surface area contributed by atoms with Crippen LogP contribution < -0.4 is 16.4 Å². The first-order valence-electron chi connectivity index (χ1n) is 8.63. The number of nitrogen functional groups attached to an aromatic ring is 1. The van der Waals surface area contributed by atoms with Gasteiger partial charge in [0.1, 0.15) is 17.2 Å². The average Bonchev–Trinajstić information content (AvgIpc) is 2.42. The maximum absolute atomic E-state index is 12.6. The molecule has 2 amide bonds. The molecule has 0 radical (unpaired) electrons. The highest BCUT2D eigenvalue weighted by molar-refractivity contribution is 5.98. The molecule has 0 aliphatic heterocycles. The molecule has 0 spiro atoms. The van der Waals surface area contributed by atoms with Crippen molar-refractivity contribution < 1.29 is 23.9 Å². The van der Waals surface area contributed by atoms with E-state index in [1.807, 2.05) is 0 Å². The van der Waals surface area contributed by atoms with Crippen LogP contribution in [0.5, 0.6) is 0 Å². The molecule has 0 heterocycles. The van der Waals surface area contributed by atoms with Gasteiger partial charge in [0.05, 0.1) is 6.42 Å². The van der Waals surface area contributed by atoms with Crippen LogP contribution in [0.1, 0.15) is 48.0 Å². The monoisotopic (exact) mass is 379 g/mol. The van der Waals surface area contributed by atoms with Gasteiger partial charge in [-0.3, -0.25) is 9.59 Å². The van der Waals surface area contributed by atoms with Crippen molar-refractivity contribution in [2.24, 2.45) is 0 Å². The molecule has 0 aromatic heterocycles. The molecule has 0 bridgehead atoms. The molecule has 0 aliphatic carbocycles. The zero-order valence-electron chi connectivity index (χ0n) is 16.7. The molecule has 0 saturated heterocycles. The second-order valence-corrected chi connectivity index (χ2v) is 8.10. The zero-order chi connectivity index (χ0) is 20.8. The zero-order valence-corrected chi connectivity index (χ0v) is 16.7. The van der Waals surface area contributed by atoms with Gasteiger partial charge in [0.15, 0.2) is 0 Å². The number of amides is 2. The van der Waals surface area contributed by atoms with Crippen LogP contribution >= 0.6 is 0 Å². The van der Waals surface area contributed by atoms with E-state index in [4.69, 9.17) is 15.2 Å². The maximum Gasteiger partial charge on any atom is 0.408 e. The van der Waals surface area contributed by atoms with Crippen molar-refractivity contribution in [3.05, 3.63) is 24.3 Å². The summed E-state index contributed by atoms with van der Waals surface area (Å²) in [6, 6.07) is 5.39. The fourth-order valence-corrected chi connectivity index (χ4v) is 2.05. The Labute approximate surface area is 159 Å². The number of rotatable bonds is 5. The fraction of sp³-hybridized carbons (Fsp3) is 0.526. The smallest absolute Gasteiger partial charge is 0.408 e. The molecule has 1 aromatic rings. The van der Waals surface area contributed by atoms with Gasteiger partial charge in [-0.2, -0.15) is 0 Å². The molecule has 1 aromatic carbocycles. The summed E-state index contributed by atoms with van der Waals surface area (Å²) in [6.45, 7) is 10.2. The number of carbonyl (C=O) groups is 3. The molecule has 1 atom stereocenters. The molecule has 27 heavy (non-hydrogen) atoms. The topological polar surface area (TPSA) is 120 Å². The molecule has 8 heteroatoms. The molecule has 0 saturated carbocycles. The summed E-state index contributed by atoms with van der Waals surface area (Å²) in [5.41, 5.74) is 5.15. The maximum atomic E-state index is 12.6. The Morgan fingerprint density at radius 3 is 2.15 bits per heavy atom. The highest BCUT2D eigenvalue weighted by atomic mass is 16.6. The summed E-state index contributed by atoms with van der Waals surface area (Å²) < 4.78 is 10.4. The number of nitrogens with two attached hydrogens (primary N) is 1. The number of alkyl carbamates (subject to hydrolysis) is 1. The van der Waals surface area contributed by atoms with Gasteiger partial charge in [-0.05, 0) is 59.7 Å². The van der Waals surface area contributed by atoms with E-state index in [2.05, 4.69) is 10.6 Å². The predicted molar refractivity (Wildman–Crippen MR) is 103 cm³/mol. The van der Waals surface area contributed by atoms with Crippen molar-refractivity contribution in [2.45, 2.75) is 65.2 Å². The van der Waals surface area contributed by atoms with Gasteiger partial charge in [0.25, 0.3) is 0 Å². The molecular weight excluding hydrogens is 350 g/mol. The summed E-state index contributed by atoms with van der Waals surface area (Å²) in [7, 11) is 0. The highest BCUT2D eigenvalue weighted by Gasteiger charge is 2.29. The number of benzene rings is 1. The van der Waals surface area contributed by atoms with Crippen LogP contribution in [-0.2, 0) is 19.1 Å². The van der Waals surface area contributed by atoms with Crippen LogP contribution in [-0.4, -0.2) is 35.2 Å². The van der Waals surface area contributed by atoms with E-state index in [-0.39, 0.29) is 6.42 Å². The summed E-state index contributed by atoms with van der Waals surface area (Å²) in [6.07, 6.45) is -1.15. The Morgan fingerprint density at radius 2 is 1.63 bits per heavy atom. The molecule has 0 unspecified atom stereocenters. The quantitative estimate of drug-likeness (QED) is 0.534. The van der Waals surface area contributed by atoms with E-state index < -0.39 is 35.2 Å². The van der Waals surface area contributed by atoms with Crippen LogP contribution in [0.15, 0.2) is 24.3 Å². The van der Waals surface area contributed by atoms with E-state index in [9.17, 15) is 14.4 Å². The van der Waals surface area contributed by atoms with Crippen LogP contribution in [0.4, 0.5) is 16.2 Å². The van der Waals surface area contributed by atoms with Crippen molar-refractivity contribution in [1.82, 2.24) is 5.32 Å². The summed E-state index contributed by atoms with van der Waals surface area (Å²) in [4.78, 5) is 36.8. The van der Waals surface area contributed by atoms with E-state index in [0.717, 1.165) is 0 Å². The molecule has 0 aliphatic rings. The van der Waals surface area contributed by atoms with Gasteiger partial charge in [-0.25, -0.2) is 4.79 Å². The standard InChI is InChI=1S/C19H29N3O5/c1-18(2,3)26-15(23)11-14(22-17(25)27-19(4,5)6)16(24)21-13-9-7-8-12(20)10-13/h7-10,14H,11,20H2,1-6H3,(H,21,24)(H,22,25)/t14-/m1/s1. The van der Waals surface area contributed by atoms with Gasteiger partial charge in [0, 0.05) is 11.4 Å². The number of carbonyl (C=O) groups excluding carboxylic acids is 3. The van der Waals surface area contributed by atoms with Crippen molar-refractivity contribution in [3.63, 3.8) is 0 Å². The van der Waals surface area contributed by atoms with Crippen LogP contribution in [0, 0.1) is 0 Å². The lowest BCUT2D eigenvalue weighted by atomic mass is 10.1. The third-order valence-electron chi connectivity index (χ3n) is 2.95. The number of esters is 1.